The topological polar surface area (TPSA) is 56.7 Å². The Kier molecular flexibility index (Phi) is 6.34. The second-order valence-electron chi connectivity index (χ2n) is 6.25. The number of aliphatic hydroxyl groups is 1. The van der Waals surface area contributed by atoms with Crippen molar-refractivity contribution in [2.75, 3.05) is 26.7 Å². The molecule has 2 atom stereocenters. The van der Waals surface area contributed by atoms with Crippen molar-refractivity contribution in [2.24, 2.45) is 5.92 Å². The molecule has 1 aliphatic rings. The largest absolute Gasteiger partial charge is 0.396 e. The number of likely N-dealkylation sites (tertiary alicyclic amines) is 1. The van der Waals surface area contributed by atoms with Gasteiger partial charge in [-0.1, -0.05) is 6.07 Å². The summed E-state index contributed by atoms with van der Waals surface area (Å²) in [6.07, 6.45) is 6.32. The molecule has 1 fully saturated rings. The molecule has 0 radical (unpaired) electrons. The van der Waals surface area contributed by atoms with Gasteiger partial charge in [-0.25, -0.2) is 0 Å². The van der Waals surface area contributed by atoms with Gasteiger partial charge in [-0.3, -0.25) is 14.7 Å². The van der Waals surface area contributed by atoms with Crippen LogP contribution in [0.25, 0.3) is 0 Å². The number of carbonyl (C=O) groups is 1. The second kappa shape index (κ2) is 8.25. The van der Waals surface area contributed by atoms with E-state index in [0.717, 1.165) is 32.5 Å². The Morgan fingerprint density at radius 2 is 2.41 bits per heavy atom. The summed E-state index contributed by atoms with van der Waals surface area (Å²) in [6.45, 7) is 4.81. The molecule has 1 saturated heterocycles. The average Bonchev–Trinajstić information content (AvgIpc) is 2.55. The molecule has 22 heavy (non-hydrogen) atoms. The van der Waals surface area contributed by atoms with Gasteiger partial charge in [0.25, 0.3) is 0 Å². The molecule has 1 aromatic rings. The molecule has 5 heteroatoms. The summed E-state index contributed by atoms with van der Waals surface area (Å²) in [5, 5.41) is 9.03. The molecule has 5 nitrogen and oxygen atoms in total. The van der Waals surface area contributed by atoms with Crippen LogP contribution < -0.4 is 0 Å². The Balaban J connectivity index is 1.91. The van der Waals surface area contributed by atoms with E-state index in [9.17, 15) is 4.79 Å². The number of nitrogens with zero attached hydrogens (tertiary/aromatic N) is 3. The van der Waals surface area contributed by atoms with E-state index < -0.39 is 0 Å². The molecule has 2 rings (SSSR count). The Morgan fingerprint density at radius 1 is 1.59 bits per heavy atom. The first-order valence-electron chi connectivity index (χ1n) is 8.10. The molecule has 1 amide bonds. The minimum atomic E-state index is 0.0663. The highest BCUT2D eigenvalue weighted by Gasteiger charge is 2.29. The number of hydrogen-bond acceptors (Lipinski definition) is 4. The van der Waals surface area contributed by atoms with Crippen molar-refractivity contribution < 1.29 is 9.90 Å². The predicted octanol–water partition coefficient (Wildman–Crippen LogP) is 1.52. The lowest BCUT2D eigenvalue weighted by atomic mass is 9.95. The Morgan fingerprint density at radius 3 is 3.09 bits per heavy atom. The minimum Gasteiger partial charge on any atom is -0.396 e. The van der Waals surface area contributed by atoms with Crippen LogP contribution in [0.3, 0.4) is 0 Å². The molecule has 1 aromatic heterocycles. The molecule has 0 aliphatic carbocycles. The fourth-order valence-electron chi connectivity index (χ4n) is 3.04. The van der Waals surface area contributed by atoms with Gasteiger partial charge in [0.05, 0.1) is 5.92 Å². The number of aliphatic hydroxyl groups excluding tert-OH is 1. The highest BCUT2D eigenvalue weighted by Crippen LogP contribution is 2.21. The number of aromatic nitrogens is 1. The van der Waals surface area contributed by atoms with Crippen molar-refractivity contribution >= 4 is 5.91 Å². The first-order chi connectivity index (χ1) is 10.6. The van der Waals surface area contributed by atoms with Crippen molar-refractivity contribution in [1.29, 1.82) is 0 Å². The van der Waals surface area contributed by atoms with Crippen molar-refractivity contribution in [3.8, 4) is 0 Å². The average molecular weight is 305 g/mol. The van der Waals surface area contributed by atoms with Gasteiger partial charge < -0.3 is 10.0 Å². The fourth-order valence-corrected chi connectivity index (χ4v) is 3.04. The first kappa shape index (κ1) is 16.9. The van der Waals surface area contributed by atoms with Gasteiger partial charge in [0.15, 0.2) is 0 Å². The highest BCUT2D eigenvalue weighted by molar-refractivity contribution is 5.79. The maximum absolute atomic E-state index is 12.6. The fraction of sp³-hybridized carbons (Fsp3) is 0.647. The zero-order valence-corrected chi connectivity index (χ0v) is 13.6. The number of rotatable bonds is 6. The zero-order valence-electron chi connectivity index (χ0n) is 13.6. The third-order valence-corrected chi connectivity index (χ3v) is 4.54. The van der Waals surface area contributed by atoms with E-state index >= 15 is 0 Å². The van der Waals surface area contributed by atoms with Crippen LogP contribution in [0.5, 0.6) is 0 Å². The number of hydrogen-bond donors (Lipinski definition) is 1. The summed E-state index contributed by atoms with van der Waals surface area (Å²) in [7, 11) is 1.85. The summed E-state index contributed by atoms with van der Waals surface area (Å²) < 4.78 is 0. The monoisotopic (exact) mass is 305 g/mol. The molecular formula is C17H27N3O2. The van der Waals surface area contributed by atoms with Crippen molar-refractivity contribution in [2.45, 2.75) is 38.8 Å². The summed E-state index contributed by atoms with van der Waals surface area (Å²) >= 11 is 0. The second-order valence-corrected chi connectivity index (χ2v) is 6.25. The van der Waals surface area contributed by atoms with E-state index in [2.05, 4.69) is 16.0 Å². The van der Waals surface area contributed by atoms with Gasteiger partial charge in [0.1, 0.15) is 0 Å². The number of amides is 1. The van der Waals surface area contributed by atoms with E-state index in [1.807, 2.05) is 26.2 Å². The van der Waals surface area contributed by atoms with Crippen molar-refractivity contribution in [3.05, 3.63) is 30.1 Å². The van der Waals surface area contributed by atoms with E-state index in [4.69, 9.17) is 5.11 Å². The summed E-state index contributed by atoms with van der Waals surface area (Å²) in [5.41, 5.74) is 1.19. The number of piperidine rings is 1. The lowest BCUT2D eigenvalue weighted by Crippen LogP contribution is -2.46. The molecule has 0 saturated carbocycles. The van der Waals surface area contributed by atoms with Gasteiger partial charge in [-0.15, -0.1) is 0 Å². The van der Waals surface area contributed by atoms with Crippen LogP contribution in [-0.2, 0) is 11.3 Å². The van der Waals surface area contributed by atoms with Crippen LogP contribution in [0.2, 0.25) is 0 Å². The van der Waals surface area contributed by atoms with E-state index in [1.54, 1.807) is 11.1 Å². The molecule has 122 valence electrons. The molecule has 0 spiro atoms. The SMILES string of the molecule is CC(CCO)N(C)C(=O)C1CCCN(Cc2cccnc2)C1. The summed E-state index contributed by atoms with van der Waals surface area (Å²) in [6, 6.07) is 4.12. The molecular weight excluding hydrogens is 278 g/mol. The van der Waals surface area contributed by atoms with Crippen molar-refractivity contribution in [1.82, 2.24) is 14.8 Å². The van der Waals surface area contributed by atoms with Crippen LogP contribution in [0.4, 0.5) is 0 Å². The Hall–Kier alpha value is -1.46. The van der Waals surface area contributed by atoms with Crippen LogP contribution in [0.1, 0.15) is 31.7 Å². The minimum absolute atomic E-state index is 0.0663. The lowest BCUT2D eigenvalue weighted by Gasteiger charge is -2.35. The molecule has 0 aromatic carbocycles. The normalized spacial score (nSPS) is 20.6. The Bertz CT molecular complexity index is 466. The van der Waals surface area contributed by atoms with Gasteiger partial charge >= 0.3 is 0 Å². The quantitative estimate of drug-likeness (QED) is 0.866. The van der Waals surface area contributed by atoms with Crippen LogP contribution in [0, 0.1) is 5.92 Å². The first-order valence-corrected chi connectivity index (χ1v) is 8.10. The standard InChI is InChI=1S/C17H27N3O2/c1-14(7-10-21)19(2)17(22)16-6-4-9-20(13-16)12-15-5-3-8-18-11-15/h3,5,8,11,14,16,21H,4,6-7,9-10,12-13H2,1-2H3. The number of carbonyl (C=O) groups excluding carboxylic acids is 1. The van der Waals surface area contributed by atoms with Gasteiger partial charge in [0, 0.05) is 45.2 Å². The lowest BCUT2D eigenvalue weighted by molar-refractivity contribution is -0.138. The van der Waals surface area contributed by atoms with E-state index in [1.165, 1.54) is 5.56 Å². The van der Waals surface area contributed by atoms with Crippen LogP contribution in [0.15, 0.2) is 24.5 Å². The molecule has 2 unspecified atom stereocenters. The van der Waals surface area contributed by atoms with E-state index in [0.29, 0.717) is 6.42 Å². The van der Waals surface area contributed by atoms with Gasteiger partial charge in [0.2, 0.25) is 5.91 Å². The van der Waals surface area contributed by atoms with Crippen LogP contribution in [-0.4, -0.2) is 58.6 Å². The summed E-state index contributed by atoms with van der Waals surface area (Å²) in [4.78, 5) is 20.9. The highest BCUT2D eigenvalue weighted by atomic mass is 16.3. The van der Waals surface area contributed by atoms with Crippen LogP contribution >= 0.6 is 0 Å². The maximum atomic E-state index is 12.6. The summed E-state index contributed by atoms with van der Waals surface area (Å²) in [5.74, 6) is 0.272. The molecule has 1 N–H and O–H groups in total. The molecule has 2 heterocycles. The third kappa shape index (κ3) is 4.52. The molecule has 0 bridgehead atoms. The Labute approximate surface area is 132 Å². The third-order valence-electron chi connectivity index (χ3n) is 4.54. The number of pyridine rings is 1. The van der Waals surface area contributed by atoms with Gasteiger partial charge in [-0.2, -0.15) is 0 Å². The molecule has 1 aliphatic heterocycles. The van der Waals surface area contributed by atoms with Gasteiger partial charge in [-0.05, 0) is 44.4 Å². The maximum Gasteiger partial charge on any atom is 0.226 e. The van der Waals surface area contributed by atoms with E-state index in [-0.39, 0.29) is 24.5 Å². The predicted molar refractivity (Wildman–Crippen MR) is 86.2 cm³/mol. The smallest absolute Gasteiger partial charge is 0.226 e. The van der Waals surface area contributed by atoms with Crippen molar-refractivity contribution in [3.63, 3.8) is 0 Å². The zero-order chi connectivity index (χ0) is 15.9.